The minimum Gasteiger partial charge on any atom is -0.496 e. The van der Waals surface area contributed by atoms with Gasteiger partial charge in [0.1, 0.15) is 11.8 Å². The van der Waals surface area contributed by atoms with Gasteiger partial charge < -0.3 is 9.64 Å². The number of rotatable bonds is 8. The van der Waals surface area contributed by atoms with Gasteiger partial charge in [-0.2, -0.15) is 0 Å². The minimum absolute atomic E-state index is 0.266. The Hall–Kier alpha value is -2.54. The summed E-state index contributed by atoms with van der Waals surface area (Å²) in [6, 6.07) is 15.3. The Bertz CT molecular complexity index is 869. The first-order chi connectivity index (χ1) is 12.8. The van der Waals surface area contributed by atoms with E-state index in [0.717, 1.165) is 11.8 Å². The molecule has 146 valence electrons. The van der Waals surface area contributed by atoms with Crippen molar-refractivity contribution in [3.05, 3.63) is 60.2 Å². The number of nitrogens with zero attached hydrogens (tertiary/aromatic N) is 2. The van der Waals surface area contributed by atoms with Crippen molar-refractivity contribution in [1.82, 2.24) is 4.90 Å². The molecule has 6 nitrogen and oxygen atoms in total. The van der Waals surface area contributed by atoms with Crippen molar-refractivity contribution >= 4 is 21.6 Å². The monoisotopic (exact) mass is 390 g/mol. The van der Waals surface area contributed by atoms with Gasteiger partial charge in [0.15, 0.2) is 0 Å². The summed E-state index contributed by atoms with van der Waals surface area (Å²) in [7, 11) is -0.383. The smallest absolute Gasteiger partial charge is 0.246 e. The first-order valence-electron chi connectivity index (χ1n) is 8.71. The zero-order chi connectivity index (χ0) is 20.0. The molecular weight excluding hydrogens is 364 g/mol. The van der Waals surface area contributed by atoms with Crippen molar-refractivity contribution in [2.75, 3.05) is 24.7 Å². The number of ether oxygens (including phenoxy) is 1. The van der Waals surface area contributed by atoms with E-state index in [0.29, 0.717) is 24.4 Å². The van der Waals surface area contributed by atoms with E-state index < -0.39 is 16.1 Å². The summed E-state index contributed by atoms with van der Waals surface area (Å²) in [5.74, 6) is 0.422. The molecule has 1 atom stereocenters. The molecule has 1 amide bonds. The summed E-state index contributed by atoms with van der Waals surface area (Å²) < 4.78 is 31.4. The molecule has 0 spiro atoms. The highest BCUT2D eigenvalue weighted by molar-refractivity contribution is 7.92. The maximum Gasteiger partial charge on any atom is 0.246 e. The molecule has 2 aromatic carbocycles. The zero-order valence-corrected chi connectivity index (χ0v) is 16.9. The van der Waals surface area contributed by atoms with Crippen molar-refractivity contribution in [2.45, 2.75) is 25.9 Å². The fraction of sp³-hybridized carbons (Fsp3) is 0.350. The van der Waals surface area contributed by atoms with Crippen LogP contribution in [0.4, 0.5) is 5.69 Å². The number of hydrogen-bond acceptors (Lipinski definition) is 4. The molecule has 0 aliphatic carbocycles. The topological polar surface area (TPSA) is 66.9 Å². The van der Waals surface area contributed by atoms with Crippen molar-refractivity contribution in [1.29, 1.82) is 0 Å². The number of para-hydroxylation sites is 2. The van der Waals surface area contributed by atoms with Crippen LogP contribution in [0.2, 0.25) is 0 Å². The lowest BCUT2D eigenvalue weighted by atomic mass is 10.1. The van der Waals surface area contributed by atoms with Gasteiger partial charge in [0.25, 0.3) is 0 Å². The summed E-state index contributed by atoms with van der Waals surface area (Å²) >= 11 is 0. The normalized spacial score (nSPS) is 12.3. The average molecular weight is 391 g/mol. The van der Waals surface area contributed by atoms with Crippen LogP contribution in [0.25, 0.3) is 0 Å². The molecule has 0 bridgehead atoms. The number of sulfonamides is 1. The maximum atomic E-state index is 13.1. The van der Waals surface area contributed by atoms with Crippen LogP contribution in [0.1, 0.15) is 18.9 Å². The van der Waals surface area contributed by atoms with Gasteiger partial charge in [0.2, 0.25) is 15.9 Å². The molecule has 0 N–H and O–H groups in total. The van der Waals surface area contributed by atoms with Crippen molar-refractivity contribution < 1.29 is 17.9 Å². The lowest BCUT2D eigenvalue weighted by Crippen LogP contribution is -2.49. The molecule has 0 unspecified atom stereocenters. The standard InChI is InChI=1S/C20H26N2O4S/c1-5-18(22(27(4,24)25)17-12-7-6-8-13-17)20(23)21(2)15-16-11-9-10-14-19(16)26-3/h6-14,18H,5,15H2,1-4H3/t18-/m0/s1. The fourth-order valence-corrected chi connectivity index (χ4v) is 4.25. The lowest BCUT2D eigenvalue weighted by molar-refractivity contribution is -0.131. The number of carbonyl (C=O) groups excluding carboxylic acids is 1. The van der Waals surface area contributed by atoms with E-state index in [-0.39, 0.29) is 5.91 Å². The Morgan fingerprint density at radius 1 is 1.07 bits per heavy atom. The van der Waals surface area contributed by atoms with Gasteiger partial charge in [0, 0.05) is 19.2 Å². The fourth-order valence-electron chi connectivity index (χ4n) is 3.04. The number of hydrogen-bond donors (Lipinski definition) is 0. The number of methoxy groups -OCH3 is 1. The molecule has 0 aromatic heterocycles. The Kier molecular flexibility index (Phi) is 6.85. The molecule has 2 rings (SSSR count). The van der Waals surface area contributed by atoms with E-state index >= 15 is 0 Å². The molecule has 0 saturated carbocycles. The number of likely N-dealkylation sites (N-methyl/N-ethyl adjacent to an activating group) is 1. The van der Waals surface area contributed by atoms with Gasteiger partial charge in [0.05, 0.1) is 19.1 Å². The SMILES string of the molecule is CC[C@@H](C(=O)N(C)Cc1ccccc1OC)N(c1ccccc1)S(C)(=O)=O. The molecule has 0 aliphatic rings. The van der Waals surface area contributed by atoms with Crippen LogP contribution in [-0.2, 0) is 21.4 Å². The molecule has 0 fully saturated rings. The number of anilines is 1. The quantitative estimate of drug-likeness (QED) is 0.695. The second kappa shape index (κ2) is 8.90. The molecule has 7 heteroatoms. The molecule has 0 heterocycles. The lowest BCUT2D eigenvalue weighted by Gasteiger charge is -2.33. The summed E-state index contributed by atoms with van der Waals surface area (Å²) in [5, 5.41) is 0. The van der Waals surface area contributed by atoms with Crippen LogP contribution in [0, 0.1) is 0 Å². The van der Waals surface area contributed by atoms with Gasteiger partial charge in [-0.05, 0) is 24.6 Å². The van der Waals surface area contributed by atoms with Crippen molar-refractivity contribution in [3.8, 4) is 5.75 Å². The first kappa shape index (κ1) is 20.8. The highest BCUT2D eigenvalue weighted by Gasteiger charge is 2.33. The van der Waals surface area contributed by atoms with E-state index in [2.05, 4.69) is 0 Å². The summed E-state index contributed by atoms with van der Waals surface area (Å²) in [5.41, 5.74) is 1.34. The van der Waals surface area contributed by atoms with Crippen molar-refractivity contribution in [3.63, 3.8) is 0 Å². The zero-order valence-electron chi connectivity index (χ0n) is 16.1. The summed E-state index contributed by atoms with van der Waals surface area (Å²) in [4.78, 5) is 14.7. The Balaban J connectivity index is 2.32. The molecule has 27 heavy (non-hydrogen) atoms. The molecular formula is C20H26N2O4S. The predicted molar refractivity (Wildman–Crippen MR) is 107 cm³/mol. The van der Waals surface area contributed by atoms with E-state index in [1.54, 1.807) is 51.4 Å². The van der Waals surface area contributed by atoms with Crippen LogP contribution in [-0.4, -0.2) is 45.7 Å². The Morgan fingerprint density at radius 3 is 2.22 bits per heavy atom. The van der Waals surface area contributed by atoms with Crippen LogP contribution in [0.3, 0.4) is 0 Å². The molecule has 0 saturated heterocycles. The molecule has 0 aliphatic heterocycles. The van der Waals surface area contributed by atoms with Gasteiger partial charge in [-0.15, -0.1) is 0 Å². The minimum atomic E-state index is -3.63. The summed E-state index contributed by atoms with van der Waals surface area (Å²) in [6.45, 7) is 2.13. The van der Waals surface area contributed by atoms with Crippen LogP contribution in [0.5, 0.6) is 5.75 Å². The average Bonchev–Trinajstić information content (AvgIpc) is 2.65. The third kappa shape index (κ3) is 5.01. The predicted octanol–water partition coefficient (Wildman–Crippen LogP) is 2.90. The van der Waals surface area contributed by atoms with Gasteiger partial charge in [-0.25, -0.2) is 8.42 Å². The second-order valence-electron chi connectivity index (χ2n) is 6.32. The highest BCUT2D eigenvalue weighted by atomic mass is 32.2. The van der Waals surface area contributed by atoms with Gasteiger partial charge in [-0.1, -0.05) is 43.3 Å². The van der Waals surface area contributed by atoms with E-state index in [4.69, 9.17) is 4.74 Å². The molecule has 0 radical (unpaired) electrons. The third-order valence-electron chi connectivity index (χ3n) is 4.30. The van der Waals surface area contributed by atoms with Crippen LogP contribution < -0.4 is 9.04 Å². The molecule has 2 aromatic rings. The first-order valence-corrected chi connectivity index (χ1v) is 10.6. The van der Waals surface area contributed by atoms with E-state index in [1.807, 2.05) is 24.3 Å². The summed E-state index contributed by atoms with van der Waals surface area (Å²) in [6.07, 6.45) is 1.48. The van der Waals surface area contributed by atoms with E-state index in [1.165, 1.54) is 9.21 Å². The third-order valence-corrected chi connectivity index (χ3v) is 5.48. The Labute approximate surface area is 161 Å². The van der Waals surface area contributed by atoms with Crippen LogP contribution in [0.15, 0.2) is 54.6 Å². The maximum absolute atomic E-state index is 13.1. The second-order valence-corrected chi connectivity index (χ2v) is 8.18. The van der Waals surface area contributed by atoms with Gasteiger partial charge >= 0.3 is 0 Å². The highest BCUT2D eigenvalue weighted by Crippen LogP contribution is 2.24. The number of carbonyl (C=O) groups is 1. The number of benzene rings is 2. The van der Waals surface area contributed by atoms with E-state index in [9.17, 15) is 13.2 Å². The van der Waals surface area contributed by atoms with Gasteiger partial charge in [-0.3, -0.25) is 9.10 Å². The van der Waals surface area contributed by atoms with Crippen LogP contribution >= 0.6 is 0 Å². The number of amides is 1. The van der Waals surface area contributed by atoms with Crippen molar-refractivity contribution in [2.24, 2.45) is 0 Å². The largest absolute Gasteiger partial charge is 0.496 e. The Morgan fingerprint density at radius 2 is 1.67 bits per heavy atom.